The van der Waals surface area contributed by atoms with Crippen LogP contribution in [-0.4, -0.2) is 28.9 Å². The molecule has 2 amide bonds. The Morgan fingerprint density at radius 1 is 1.26 bits per heavy atom. The van der Waals surface area contributed by atoms with Crippen molar-refractivity contribution in [3.05, 3.63) is 40.6 Å². The van der Waals surface area contributed by atoms with Crippen molar-refractivity contribution < 1.29 is 14.3 Å². The molecule has 0 atom stereocenters. The van der Waals surface area contributed by atoms with E-state index in [4.69, 9.17) is 4.74 Å². The maximum atomic E-state index is 11.8. The monoisotopic (exact) mass is 278 g/mol. The Kier molecular flexibility index (Phi) is 4.04. The van der Waals surface area contributed by atoms with Crippen LogP contribution in [0.2, 0.25) is 0 Å². The van der Waals surface area contributed by atoms with Crippen LogP contribution in [0.1, 0.15) is 20.2 Å². The summed E-state index contributed by atoms with van der Waals surface area (Å²) in [6.45, 7) is 0. The standard InChI is InChI=1S/C11H10N4O3S/c1-18-8-2-5-19-9(8)11(17)15-14-10(16)7-6-12-3-4-13-7/h2-6H,1H3,(H,14,16)(H,15,17). The summed E-state index contributed by atoms with van der Waals surface area (Å²) in [5, 5.41) is 1.72. The molecule has 8 heteroatoms. The van der Waals surface area contributed by atoms with Crippen LogP contribution in [0.25, 0.3) is 0 Å². The van der Waals surface area contributed by atoms with E-state index in [1.807, 2.05) is 0 Å². The molecule has 0 spiro atoms. The molecular formula is C11H10N4O3S. The molecule has 0 aliphatic rings. The minimum absolute atomic E-state index is 0.112. The fraction of sp³-hybridized carbons (Fsp3) is 0.0909. The lowest BCUT2D eigenvalue weighted by Crippen LogP contribution is -2.41. The number of aromatic nitrogens is 2. The van der Waals surface area contributed by atoms with Crippen molar-refractivity contribution >= 4 is 23.2 Å². The second-order valence-corrected chi connectivity index (χ2v) is 4.23. The molecular weight excluding hydrogens is 268 g/mol. The first kappa shape index (κ1) is 13.0. The van der Waals surface area contributed by atoms with Crippen LogP contribution >= 0.6 is 11.3 Å². The Balaban J connectivity index is 1.96. The third kappa shape index (κ3) is 3.05. The van der Waals surface area contributed by atoms with Gasteiger partial charge in [-0.2, -0.15) is 0 Å². The molecule has 0 aromatic carbocycles. The Labute approximate surface area is 112 Å². The van der Waals surface area contributed by atoms with Crippen molar-refractivity contribution in [1.29, 1.82) is 0 Å². The van der Waals surface area contributed by atoms with E-state index in [1.165, 1.54) is 37.0 Å². The lowest BCUT2D eigenvalue weighted by Gasteiger charge is -2.06. The van der Waals surface area contributed by atoms with Crippen LogP contribution in [0.5, 0.6) is 5.75 Å². The van der Waals surface area contributed by atoms with E-state index >= 15 is 0 Å². The van der Waals surface area contributed by atoms with Crippen LogP contribution < -0.4 is 15.6 Å². The smallest absolute Gasteiger partial charge is 0.289 e. The molecule has 0 aliphatic carbocycles. The molecule has 0 unspecified atom stereocenters. The van der Waals surface area contributed by atoms with Gasteiger partial charge in [0.25, 0.3) is 11.8 Å². The van der Waals surface area contributed by atoms with Gasteiger partial charge in [0.2, 0.25) is 0 Å². The zero-order chi connectivity index (χ0) is 13.7. The first-order valence-electron chi connectivity index (χ1n) is 5.20. The lowest BCUT2D eigenvalue weighted by atomic mass is 10.4. The summed E-state index contributed by atoms with van der Waals surface area (Å²) in [5.74, 6) is -0.544. The third-order valence-electron chi connectivity index (χ3n) is 2.14. The van der Waals surface area contributed by atoms with E-state index in [2.05, 4.69) is 20.8 Å². The van der Waals surface area contributed by atoms with Crippen LogP contribution in [0.15, 0.2) is 30.0 Å². The number of methoxy groups -OCH3 is 1. The molecule has 2 rings (SSSR count). The topological polar surface area (TPSA) is 93.2 Å². The van der Waals surface area contributed by atoms with E-state index < -0.39 is 11.8 Å². The number of thiophene rings is 1. The van der Waals surface area contributed by atoms with E-state index in [1.54, 1.807) is 11.4 Å². The number of nitrogens with one attached hydrogen (secondary N) is 2. The molecule has 2 aromatic heterocycles. The number of hydrogen-bond acceptors (Lipinski definition) is 6. The highest BCUT2D eigenvalue weighted by molar-refractivity contribution is 7.12. The molecule has 7 nitrogen and oxygen atoms in total. The van der Waals surface area contributed by atoms with Gasteiger partial charge in [-0.25, -0.2) is 4.98 Å². The van der Waals surface area contributed by atoms with Gasteiger partial charge in [-0.3, -0.25) is 25.4 Å². The number of carbonyl (C=O) groups excluding carboxylic acids is 2. The molecule has 0 saturated heterocycles. The van der Waals surface area contributed by atoms with Gasteiger partial charge in [0.05, 0.1) is 13.3 Å². The molecule has 2 N–H and O–H groups in total. The second kappa shape index (κ2) is 5.91. The first-order valence-corrected chi connectivity index (χ1v) is 6.08. The number of hydrogen-bond donors (Lipinski definition) is 2. The summed E-state index contributed by atoms with van der Waals surface area (Å²) in [6, 6.07) is 1.67. The fourth-order valence-electron chi connectivity index (χ4n) is 1.27. The van der Waals surface area contributed by atoms with Gasteiger partial charge in [0.1, 0.15) is 16.3 Å². The van der Waals surface area contributed by atoms with Crippen LogP contribution in [0, 0.1) is 0 Å². The predicted molar refractivity (Wildman–Crippen MR) is 67.8 cm³/mol. The molecule has 0 saturated carbocycles. The van der Waals surface area contributed by atoms with Crippen molar-refractivity contribution in [2.75, 3.05) is 7.11 Å². The number of nitrogens with zero attached hydrogens (tertiary/aromatic N) is 2. The van der Waals surface area contributed by atoms with Crippen LogP contribution in [0.3, 0.4) is 0 Å². The van der Waals surface area contributed by atoms with Gasteiger partial charge >= 0.3 is 0 Å². The molecule has 98 valence electrons. The van der Waals surface area contributed by atoms with E-state index in [9.17, 15) is 9.59 Å². The zero-order valence-corrected chi connectivity index (χ0v) is 10.7. The molecule has 2 heterocycles. The number of rotatable bonds is 3. The van der Waals surface area contributed by atoms with Gasteiger partial charge in [0, 0.05) is 12.4 Å². The average molecular weight is 278 g/mol. The Bertz CT molecular complexity index is 585. The first-order chi connectivity index (χ1) is 9.22. The Morgan fingerprint density at radius 2 is 2.05 bits per heavy atom. The van der Waals surface area contributed by atoms with Crippen molar-refractivity contribution in [1.82, 2.24) is 20.8 Å². The number of hydrazine groups is 1. The van der Waals surface area contributed by atoms with Gasteiger partial charge in [0.15, 0.2) is 0 Å². The van der Waals surface area contributed by atoms with Crippen molar-refractivity contribution in [3.63, 3.8) is 0 Å². The minimum atomic E-state index is -0.544. The predicted octanol–water partition coefficient (Wildman–Crippen LogP) is 0.622. The number of amides is 2. The lowest BCUT2D eigenvalue weighted by molar-refractivity contribution is 0.0844. The highest BCUT2D eigenvalue weighted by atomic mass is 32.1. The normalized spacial score (nSPS) is 9.74. The van der Waals surface area contributed by atoms with Gasteiger partial charge in [-0.1, -0.05) is 0 Å². The summed E-state index contributed by atoms with van der Waals surface area (Å²) in [4.78, 5) is 31.3. The zero-order valence-electron chi connectivity index (χ0n) is 9.91. The fourth-order valence-corrected chi connectivity index (χ4v) is 2.03. The average Bonchev–Trinajstić information content (AvgIpc) is 2.93. The molecule has 19 heavy (non-hydrogen) atoms. The largest absolute Gasteiger partial charge is 0.495 e. The van der Waals surface area contributed by atoms with Gasteiger partial charge < -0.3 is 4.74 Å². The Morgan fingerprint density at radius 3 is 2.74 bits per heavy atom. The van der Waals surface area contributed by atoms with Gasteiger partial charge in [-0.15, -0.1) is 11.3 Å². The molecule has 0 fully saturated rings. The summed E-state index contributed by atoms with van der Waals surface area (Å²) in [5.41, 5.74) is 4.64. The number of carbonyl (C=O) groups is 2. The highest BCUT2D eigenvalue weighted by Crippen LogP contribution is 2.23. The third-order valence-corrected chi connectivity index (χ3v) is 3.04. The molecule has 0 bridgehead atoms. The highest BCUT2D eigenvalue weighted by Gasteiger charge is 2.15. The quantitative estimate of drug-likeness (QED) is 0.803. The maximum Gasteiger partial charge on any atom is 0.289 e. The summed E-state index contributed by atoms with van der Waals surface area (Å²) in [7, 11) is 1.47. The van der Waals surface area contributed by atoms with E-state index in [-0.39, 0.29) is 5.69 Å². The Hall–Kier alpha value is -2.48. The summed E-state index contributed by atoms with van der Waals surface area (Å²) < 4.78 is 5.01. The number of ether oxygens (including phenoxy) is 1. The van der Waals surface area contributed by atoms with Crippen molar-refractivity contribution in [3.8, 4) is 5.75 Å². The van der Waals surface area contributed by atoms with Crippen molar-refractivity contribution in [2.24, 2.45) is 0 Å². The molecule has 2 aromatic rings. The minimum Gasteiger partial charge on any atom is -0.495 e. The maximum absolute atomic E-state index is 11.8. The second-order valence-electron chi connectivity index (χ2n) is 3.32. The van der Waals surface area contributed by atoms with E-state index in [0.717, 1.165) is 0 Å². The SMILES string of the molecule is COc1ccsc1C(=O)NNC(=O)c1cnccn1. The molecule has 0 radical (unpaired) electrons. The summed E-state index contributed by atoms with van der Waals surface area (Å²) >= 11 is 1.21. The van der Waals surface area contributed by atoms with Gasteiger partial charge in [-0.05, 0) is 11.4 Å². The summed E-state index contributed by atoms with van der Waals surface area (Å²) in [6.07, 6.45) is 4.14. The van der Waals surface area contributed by atoms with Crippen LogP contribution in [-0.2, 0) is 0 Å². The van der Waals surface area contributed by atoms with Crippen molar-refractivity contribution in [2.45, 2.75) is 0 Å². The van der Waals surface area contributed by atoms with Crippen LogP contribution in [0.4, 0.5) is 0 Å². The molecule has 0 aliphatic heterocycles. The van der Waals surface area contributed by atoms with E-state index in [0.29, 0.717) is 10.6 Å².